The second kappa shape index (κ2) is 10.2. The summed E-state index contributed by atoms with van der Waals surface area (Å²) in [6, 6.07) is 15.2. The molecule has 0 aliphatic carbocycles. The number of alkyl halides is 3. The highest BCUT2D eigenvalue weighted by molar-refractivity contribution is 6.24. The summed E-state index contributed by atoms with van der Waals surface area (Å²) in [5, 5.41) is 3.57. The lowest BCUT2D eigenvalue weighted by atomic mass is 10.1. The van der Waals surface area contributed by atoms with Gasteiger partial charge in [0.1, 0.15) is 11.7 Å². The van der Waals surface area contributed by atoms with Gasteiger partial charge in [0, 0.05) is 32.0 Å². The normalized spacial score (nSPS) is 17.0. The van der Waals surface area contributed by atoms with Crippen molar-refractivity contribution in [3.05, 3.63) is 77.0 Å². The van der Waals surface area contributed by atoms with Gasteiger partial charge in [-0.3, -0.25) is 9.89 Å². The van der Waals surface area contributed by atoms with Gasteiger partial charge in [0.05, 0.1) is 28.9 Å². The Hall–Kier alpha value is -3.75. The highest BCUT2D eigenvalue weighted by atomic mass is 19.4. The molecular formula is C29H35F3N6. The molecule has 2 aromatic carbocycles. The van der Waals surface area contributed by atoms with Crippen LogP contribution in [-0.2, 0) is 12.7 Å². The fraction of sp³-hybridized carbons (Fsp3) is 0.379. The molecule has 202 valence electrons. The molecule has 0 amide bonds. The molecule has 0 saturated carbocycles. The van der Waals surface area contributed by atoms with Crippen molar-refractivity contribution in [2.75, 3.05) is 30.9 Å². The smallest absolute Gasteiger partial charge is 0.341 e. The first-order chi connectivity index (χ1) is 18.0. The maximum atomic E-state index is 13.1. The van der Waals surface area contributed by atoms with Gasteiger partial charge in [-0.05, 0) is 50.6 Å². The number of amidine groups is 1. The molecule has 1 N–H and O–H groups in total. The molecule has 0 radical (unpaired) electrons. The highest BCUT2D eigenvalue weighted by Gasteiger charge is 2.44. The lowest BCUT2D eigenvalue weighted by Crippen LogP contribution is -2.48. The minimum Gasteiger partial charge on any atom is -0.341 e. The average molecular weight is 525 g/mol. The van der Waals surface area contributed by atoms with Gasteiger partial charge in [0.2, 0.25) is 5.96 Å². The number of rotatable bonds is 4. The summed E-state index contributed by atoms with van der Waals surface area (Å²) >= 11 is 0. The van der Waals surface area contributed by atoms with Crippen LogP contribution in [0, 0.1) is 6.92 Å². The Morgan fingerprint density at radius 2 is 1.66 bits per heavy atom. The molecule has 3 aromatic rings. The number of benzene rings is 2. The first-order valence-electron chi connectivity index (χ1n) is 12.8. The quantitative estimate of drug-likeness (QED) is 0.404. The first-order valence-corrected chi connectivity index (χ1v) is 12.8. The number of anilines is 3. The van der Waals surface area contributed by atoms with E-state index in [4.69, 9.17) is 4.99 Å². The number of para-hydroxylation sites is 1. The van der Waals surface area contributed by atoms with Crippen LogP contribution in [0.4, 0.5) is 30.4 Å². The predicted octanol–water partition coefficient (Wildman–Crippen LogP) is 6.91. The van der Waals surface area contributed by atoms with E-state index >= 15 is 0 Å². The van der Waals surface area contributed by atoms with Crippen LogP contribution >= 0.6 is 0 Å². The van der Waals surface area contributed by atoms with E-state index in [1.807, 2.05) is 63.1 Å². The van der Waals surface area contributed by atoms with Gasteiger partial charge in [-0.15, -0.1) is 0 Å². The predicted molar refractivity (Wildman–Crippen MR) is 150 cm³/mol. The van der Waals surface area contributed by atoms with Gasteiger partial charge < -0.3 is 14.8 Å². The fourth-order valence-corrected chi connectivity index (χ4v) is 5.02. The zero-order valence-electron chi connectivity index (χ0n) is 23.0. The van der Waals surface area contributed by atoms with E-state index in [1.165, 1.54) is 0 Å². The largest absolute Gasteiger partial charge is 0.416 e. The molecule has 5 rings (SSSR count). The van der Waals surface area contributed by atoms with Crippen molar-refractivity contribution in [3.8, 4) is 0 Å². The average Bonchev–Trinajstić information content (AvgIpc) is 3.35. The van der Waals surface area contributed by atoms with Gasteiger partial charge in [0.15, 0.2) is 0 Å². The van der Waals surface area contributed by atoms with Gasteiger partial charge in [-0.1, -0.05) is 44.2 Å². The third-order valence-corrected chi connectivity index (χ3v) is 6.66. The number of aliphatic imine (C=N–C) groups is 2. The number of nitrogens with one attached hydrogen (secondary N) is 1. The van der Waals surface area contributed by atoms with Gasteiger partial charge >= 0.3 is 6.18 Å². The van der Waals surface area contributed by atoms with Crippen molar-refractivity contribution in [1.82, 2.24) is 9.47 Å². The second-order valence-electron chi connectivity index (χ2n) is 9.85. The molecule has 0 atom stereocenters. The summed E-state index contributed by atoms with van der Waals surface area (Å²) in [6.07, 6.45) is -4.36. The molecule has 38 heavy (non-hydrogen) atoms. The molecule has 0 spiro atoms. The third kappa shape index (κ3) is 4.89. The standard InChI is InChI=1S/C27H29F3N6.C2H6/c1-17-22-21(23(31-4)34(5)25-33-26(2,3)16-36(22)25)24(32-20-9-7-6-8-10-20)35(17)15-18-11-13-19(14-12-18)27(28,29)30;1-2/h6-14,32H,15-16H2,1-5H3;1-2H3. The minimum atomic E-state index is -4.36. The van der Waals surface area contributed by atoms with Crippen LogP contribution < -0.4 is 10.2 Å². The Kier molecular flexibility index (Phi) is 7.32. The Bertz CT molecular complexity index is 1350. The molecule has 6 nitrogen and oxygen atoms in total. The molecule has 1 aromatic heterocycles. The molecule has 2 aliphatic rings. The van der Waals surface area contributed by atoms with E-state index in [-0.39, 0.29) is 5.54 Å². The summed E-state index contributed by atoms with van der Waals surface area (Å²) in [6.45, 7) is 11.4. The van der Waals surface area contributed by atoms with Crippen molar-refractivity contribution in [2.45, 2.75) is 52.9 Å². The van der Waals surface area contributed by atoms with E-state index in [0.29, 0.717) is 13.1 Å². The van der Waals surface area contributed by atoms with Crippen LogP contribution in [0.2, 0.25) is 0 Å². The topological polar surface area (TPSA) is 48.2 Å². The first kappa shape index (κ1) is 27.3. The molecule has 0 bridgehead atoms. The Morgan fingerprint density at radius 1 is 1.03 bits per heavy atom. The lowest BCUT2D eigenvalue weighted by molar-refractivity contribution is -0.137. The summed E-state index contributed by atoms with van der Waals surface area (Å²) < 4.78 is 41.5. The molecule has 9 heteroatoms. The Morgan fingerprint density at radius 3 is 2.24 bits per heavy atom. The van der Waals surface area contributed by atoms with Gasteiger partial charge in [0.25, 0.3) is 0 Å². The second-order valence-corrected chi connectivity index (χ2v) is 9.85. The Balaban J connectivity index is 0.00000164. The maximum absolute atomic E-state index is 13.1. The van der Waals surface area contributed by atoms with Crippen LogP contribution in [0.15, 0.2) is 64.6 Å². The lowest BCUT2D eigenvalue weighted by Gasteiger charge is -2.35. The van der Waals surface area contributed by atoms with Crippen molar-refractivity contribution < 1.29 is 13.2 Å². The molecule has 2 aliphatic heterocycles. The monoisotopic (exact) mass is 524 g/mol. The molecular weight excluding hydrogens is 489 g/mol. The molecule has 3 heterocycles. The van der Waals surface area contributed by atoms with Crippen molar-refractivity contribution in [2.24, 2.45) is 9.98 Å². The fourth-order valence-electron chi connectivity index (χ4n) is 5.02. The maximum Gasteiger partial charge on any atom is 0.416 e. The van der Waals surface area contributed by atoms with Crippen LogP contribution in [-0.4, -0.2) is 47.4 Å². The van der Waals surface area contributed by atoms with E-state index in [0.717, 1.165) is 57.9 Å². The van der Waals surface area contributed by atoms with E-state index < -0.39 is 11.7 Å². The van der Waals surface area contributed by atoms with Crippen molar-refractivity contribution in [1.29, 1.82) is 0 Å². The van der Waals surface area contributed by atoms with Crippen LogP contribution in [0.3, 0.4) is 0 Å². The minimum absolute atomic E-state index is 0.265. The number of fused-ring (bicyclic) bond motifs is 3. The van der Waals surface area contributed by atoms with Crippen LogP contribution in [0.25, 0.3) is 0 Å². The zero-order chi connectivity index (χ0) is 27.8. The van der Waals surface area contributed by atoms with E-state index in [1.54, 1.807) is 19.2 Å². The number of aromatic nitrogens is 1. The highest BCUT2D eigenvalue weighted by Crippen LogP contribution is 2.44. The van der Waals surface area contributed by atoms with Crippen LogP contribution in [0.1, 0.15) is 50.1 Å². The molecule has 0 unspecified atom stereocenters. The van der Waals surface area contributed by atoms with Crippen molar-refractivity contribution in [3.63, 3.8) is 0 Å². The van der Waals surface area contributed by atoms with Crippen LogP contribution in [0.5, 0.6) is 0 Å². The van der Waals surface area contributed by atoms with Crippen molar-refractivity contribution >= 4 is 29.0 Å². The summed E-state index contributed by atoms with van der Waals surface area (Å²) in [7, 11) is 3.73. The number of guanidine groups is 1. The third-order valence-electron chi connectivity index (χ3n) is 6.66. The molecule has 0 saturated heterocycles. The van der Waals surface area contributed by atoms with Gasteiger partial charge in [-0.2, -0.15) is 13.2 Å². The number of hydrogen-bond donors (Lipinski definition) is 1. The van der Waals surface area contributed by atoms with Gasteiger partial charge in [-0.25, -0.2) is 4.99 Å². The molecule has 0 fully saturated rings. The van der Waals surface area contributed by atoms with E-state index in [2.05, 4.69) is 33.6 Å². The Labute approximate surface area is 222 Å². The summed E-state index contributed by atoms with van der Waals surface area (Å²) in [5.74, 6) is 2.46. The summed E-state index contributed by atoms with van der Waals surface area (Å²) in [5.41, 5.74) is 3.72. The zero-order valence-corrected chi connectivity index (χ0v) is 23.0. The number of nitrogens with zero attached hydrogens (tertiary/aromatic N) is 5. The number of hydrogen-bond acceptors (Lipinski definition) is 4. The summed E-state index contributed by atoms with van der Waals surface area (Å²) in [4.78, 5) is 13.8. The van der Waals surface area contributed by atoms with E-state index in [9.17, 15) is 13.2 Å². The number of halogens is 3. The SMILES string of the molecule is CC.CN=C1c2c(c(C)n(Cc3ccc(C(F)(F)F)cc3)c2Nc2ccccc2)N2CC(C)(C)N=C2N1C.